The molecule has 0 spiro atoms. The van der Waals surface area contributed by atoms with Crippen molar-refractivity contribution in [2.45, 2.75) is 66.6 Å². The van der Waals surface area contributed by atoms with Crippen LogP contribution < -0.4 is 0 Å². The van der Waals surface area contributed by atoms with Crippen LogP contribution in [0.1, 0.15) is 54.0 Å². The van der Waals surface area contributed by atoms with Gasteiger partial charge in [0, 0.05) is 47.2 Å². The summed E-state index contributed by atoms with van der Waals surface area (Å²) in [6, 6.07) is 7.00. The summed E-state index contributed by atoms with van der Waals surface area (Å²) in [5.74, 6) is 3.68. The molecule has 1 aromatic rings. The predicted molar refractivity (Wildman–Crippen MR) is 113 cm³/mol. The molecule has 0 aliphatic heterocycles. The molecule has 5 heteroatoms. The van der Waals surface area contributed by atoms with Gasteiger partial charge in [0.25, 0.3) is 0 Å². The van der Waals surface area contributed by atoms with Crippen molar-refractivity contribution in [1.82, 2.24) is 9.21 Å². The van der Waals surface area contributed by atoms with Crippen molar-refractivity contribution in [3.8, 4) is 0 Å². The van der Waals surface area contributed by atoms with Gasteiger partial charge in [-0.15, -0.1) is 0 Å². The first-order valence-corrected chi connectivity index (χ1v) is 11.3. The summed E-state index contributed by atoms with van der Waals surface area (Å²) in [6.07, 6.45) is 1.70. The van der Waals surface area contributed by atoms with E-state index in [2.05, 4.69) is 59.2 Å². The van der Waals surface area contributed by atoms with Crippen molar-refractivity contribution < 1.29 is 8.60 Å². The monoisotopic (exact) mass is 384 g/mol. The Morgan fingerprint density at radius 1 is 1.08 bits per heavy atom. The molecule has 0 saturated carbocycles. The maximum Gasteiger partial charge on any atom is 0.123 e. The Hall–Kier alpha value is -0.910. The molecule has 150 valence electrons. The van der Waals surface area contributed by atoms with Gasteiger partial charge in [0.1, 0.15) is 5.82 Å². The molecule has 1 rings (SSSR count). The predicted octanol–water partition coefficient (Wildman–Crippen LogP) is 4.42. The van der Waals surface area contributed by atoms with Gasteiger partial charge in [0.2, 0.25) is 0 Å². The van der Waals surface area contributed by atoms with Crippen LogP contribution in [-0.4, -0.2) is 50.2 Å². The van der Waals surface area contributed by atoms with Crippen LogP contribution in [0, 0.1) is 11.2 Å². The van der Waals surface area contributed by atoms with Crippen molar-refractivity contribution >= 4 is 15.6 Å². The van der Waals surface area contributed by atoms with E-state index in [9.17, 15) is 8.60 Å². The van der Waals surface area contributed by atoms with Crippen LogP contribution in [0.25, 0.3) is 0 Å². The van der Waals surface area contributed by atoms with Crippen molar-refractivity contribution in [1.29, 1.82) is 0 Å². The molecule has 0 bridgehead atoms. The van der Waals surface area contributed by atoms with Crippen LogP contribution in [0.5, 0.6) is 0 Å². The van der Waals surface area contributed by atoms with E-state index in [1.165, 1.54) is 12.1 Å². The van der Waals surface area contributed by atoms with Crippen LogP contribution >= 0.6 is 0 Å². The molecule has 3 nitrogen and oxygen atoms in total. The Morgan fingerprint density at radius 2 is 1.58 bits per heavy atom. The molecular formula is C21H37FN2OS. The van der Waals surface area contributed by atoms with Crippen molar-refractivity contribution in [2.24, 2.45) is 5.41 Å². The highest BCUT2D eigenvalue weighted by atomic mass is 32.2. The van der Waals surface area contributed by atoms with Crippen LogP contribution in [-0.2, 0) is 16.3 Å². The SMILES string of the molecule is C=S(C)(=O)N(CCN(Cc1ccc(F)cc1)C(C)C(C)(C)C)C(C)(C)C. The second kappa shape index (κ2) is 8.41. The maximum atomic E-state index is 13.2. The molecule has 0 aromatic heterocycles. The van der Waals surface area contributed by atoms with E-state index in [0.29, 0.717) is 12.6 Å². The average molecular weight is 385 g/mol. The van der Waals surface area contributed by atoms with E-state index in [4.69, 9.17) is 0 Å². The molecule has 0 aliphatic rings. The van der Waals surface area contributed by atoms with Gasteiger partial charge in [-0.05, 0) is 56.7 Å². The lowest BCUT2D eigenvalue weighted by Crippen LogP contribution is -2.50. The Morgan fingerprint density at radius 3 is 1.96 bits per heavy atom. The number of hydrogen-bond donors (Lipinski definition) is 0. The van der Waals surface area contributed by atoms with E-state index >= 15 is 0 Å². The van der Waals surface area contributed by atoms with Crippen molar-refractivity contribution in [3.63, 3.8) is 0 Å². The Labute approximate surface area is 160 Å². The molecule has 2 unspecified atom stereocenters. The van der Waals surface area contributed by atoms with E-state index < -0.39 is 9.71 Å². The topological polar surface area (TPSA) is 23.6 Å². The molecule has 0 radical (unpaired) electrons. The lowest BCUT2D eigenvalue weighted by molar-refractivity contribution is 0.0930. The van der Waals surface area contributed by atoms with E-state index in [1.807, 2.05) is 16.4 Å². The van der Waals surface area contributed by atoms with Gasteiger partial charge in [0.15, 0.2) is 0 Å². The first-order chi connectivity index (χ1) is 11.6. The van der Waals surface area contributed by atoms with Crippen molar-refractivity contribution in [3.05, 3.63) is 35.6 Å². The lowest BCUT2D eigenvalue weighted by atomic mass is 9.86. The number of rotatable bonds is 7. The smallest absolute Gasteiger partial charge is 0.123 e. The van der Waals surface area contributed by atoms with Gasteiger partial charge >= 0.3 is 0 Å². The highest BCUT2D eigenvalue weighted by Gasteiger charge is 2.30. The lowest BCUT2D eigenvalue weighted by Gasteiger charge is -2.41. The molecule has 2 atom stereocenters. The van der Waals surface area contributed by atoms with Crippen molar-refractivity contribution in [2.75, 3.05) is 19.3 Å². The third-order valence-corrected chi connectivity index (χ3v) is 6.57. The minimum atomic E-state index is -2.30. The zero-order valence-corrected chi connectivity index (χ0v) is 18.6. The van der Waals surface area contributed by atoms with Gasteiger partial charge < -0.3 is 0 Å². The van der Waals surface area contributed by atoms with Gasteiger partial charge in [-0.1, -0.05) is 32.9 Å². The molecule has 0 heterocycles. The van der Waals surface area contributed by atoms with E-state index in [1.54, 1.807) is 6.26 Å². The Balaban J connectivity index is 3.03. The highest BCUT2D eigenvalue weighted by molar-refractivity contribution is 7.97. The van der Waals surface area contributed by atoms with E-state index in [0.717, 1.165) is 18.7 Å². The average Bonchev–Trinajstić information content (AvgIpc) is 2.44. The van der Waals surface area contributed by atoms with Crippen LogP contribution in [0.2, 0.25) is 0 Å². The summed E-state index contributed by atoms with van der Waals surface area (Å²) in [5.41, 5.74) is 0.960. The largest absolute Gasteiger partial charge is 0.295 e. The van der Waals surface area contributed by atoms with Gasteiger partial charge in [-0.25, -0.2) is 8.70 Å². The Bertz CT molecular complexity index is 669. The highest BCUT2D eigenvalue weighted by Crippen LogP contribution is 2.26. The second-order valence-electron chi connectivity index (χ2n) is 9.37. The van der Waals surface area contributed by atoms with Crippen LogP contribution in [0.4, 0.5) is 4.39 Å². The minimum absolute atomic E-state index is 0.102. The summed E-state index contributed by atoms with van der Waals surface area (Å²) >= 11 is 0. The van der Waals surface area contributed by atoms with Gasteiger partial charge in [-0.3, -0.25) is 9.11 Å². The fraction of sp³-hybridized carbons (Fsp3) is 0.667. The quantitative estimate of drug-likeness (QED) is 0.650. The number of hydrogen-bond acceptors (Lipinski definition) is 2. The normalized spacial score (nSPS) is 16.7. The van der Waals surface area contributed by atoms with Gasteiger partial charge in [-0.2, -0.15) is 0 Å². The molecule has 0 saturated heterocycles. The summed E-state index contributed by atoms with van der Waals surface area (Å²) in [5, 5.41) is 0. The second-order valence-corrected chi connectivity index (χ2v) is 11.7. The fourth-order valence-electron chi connectivity index (χ4n) is 3.11. The Kier molecular flexibility index (Phi) is 7.48. The number of halogens is 1. The molecular weight excluding hydrogens is 347 g/mol. The molecule has 0 aliphatic carbocycles. The molecule has 1 aromatic carbocycles. The first kappa shape index (κ1) is 23.1. The third kappa shape index (κ3) is 7.01. The molecule has 0 amide bonds. The van der Waals surface area contributed by atoms with Gasteiger partial charge in [0.05, 0.1) is 0 Å². The minimum Gasteiger partial charge on any atom is -0.295 e. The summed E-state index contributed by atoms with van der Waals surface area (Å²) < 4.78 is 27.9. The zero-order chi connectivity index (χ0) is 20.3. The van der Waals surface area contributed by atoms with E-state index in [-0.39, 0.29) is 16.8 Å². The van der Waals surface area contributed by atoms with Crippen LogP contribution in [0.3, 0.4) is 0 Å². The summed E-state index contributed by atoms with van der Waals surface area (Å²) in [6.45, 7) is 17.3. The molecule has 0 fully saturated rings. The maximum absolute atomic E-state index is 13.2. The first-order valence-electron chi connectivity index (χ1n) is 9.21. The molecule has 26 heavy (non-hydrogen) atoms. The van der Waals surface area contributed by atoms with Crippen LogP contribution in [0.15, 0.2) is 24.3 Å². The number of benzene rings is 1. The standard InChI is InChI=1S/C21H37FN2OS/c1-17(20(2,3)4)23(16-18-10-12-19(22)13-11-18)14-15-24(21(5,6)7)26(8,9)25/h10-13,17H,8,14-16H2,1-7,9H3. The fourth-order valence-corrected chi connectivity index (χ4v) is 4.74. The third-order valence-electron chi connectivity index (χ3n) is 4.90. The summed E-state index contributed by atoms with van der Waals surface area (Å²) in [7, 11) is -2.30. The summed E-state index contributed by atoms with van der Waals surface area (Å²) in [4.78, 5) is 2.39. The zero-order valence-electron chi connectivity index (χ0n) is 17.8. The number of nitrogens with zero attached hydrogens (tertiary/aromatic N) is 2. The molecule has 0 N–H and O–H groups in total.